The second-order valence-electron chi connectivity index (χ2n) is 9.35. The Bertz CT molecular complexity index is 878. The van der Waals surface area contributed by atoms with Crippen LogP contribution in [-0.2, 0) is 19.1 Å². The molecule has 3 aliphatic heterocycles. The SMILES string of the molecule is CCCCNC(=O)C1N([C@H](CO)c2ccccc2)C(=O)[C@@H]2[C@H](C(=O)NCCC)[C@@H]3CCC12O3. The Labute approximate surface area is 195 Å². The van der Waals surface area contributed by atoms with Crippen molar-refractivity contribution in [1.29, 1.82) is 0 Å². The van der Waals surface area contributed by atoms with Crippen LogP contribution >= 0.6 is 0 Å². The zero-order valence-corrected chi connectivity index (χ0v) is 19.5. The Morgan fingerprint density at radius 3 is 2.55 bits per heavy atom. The highest BCUT2D eigenvalue weighted by Gasteiger charge is 2.75. The van der Waals surface area contributed by atoms with Crippen molar-refractivity contribution in [3.05, 3.63) is 35.9 Å². The van der Waals surface area contributed by atoms with Crippen LogP contribution < -0.4 is 10.6 Å². The summed E-state index contributed by atoms with van der Waals surface area (Å²) in [5.41, 5.74) is -0.299. The third-order valence-electron chi connectivity index (χ3n) is 7.36. The van der Waals surface area contributed by atoms with Crippen molar-refractivity contribution in [3.63, 3.8) is 0 Å². The number of hydrogen-bond acceptors (Lipinski definition) is 5. The summed E-state index contributed by atoms with van der Waals surface area (Å²) in [4.78, 5) is 42.1. The fourth-order valence-electron chi connectivity index (χ4n) is 5.91. The molecular formula is C25H35N3O5. The van der Waals surface area contributed by atoms with Crippen molar-refractivity contribution in [2.75, 3.05) is 19.7 Å². The van der Waals surface area contributed by atoms with Gasteiger partial charge >= 0.3 is 0 Å². The molecule has 0 aliphatic carbocycles. The number of aliphatic hydroxyl groups is 1. The van der Waals surface area contributed by atoms with E-state index in [4.69, 9.17) is 4.74 Å². The standard InChI is InChI=1S/C25H35N3O5/c1-3-5-14-27-23(31)21-25-12-11-18(33-25)19(22(30)26-13-4-2)20(25)24(32)28(21)17(15-29)16-9-7-6-8-10-16/h6-10,17-21,29H,3-5,11-15H2,1-2H3,(H,26,30)(H,27,31)/t17-,18+,19-,20+,21?,25?/m1/s1. The van der Waals surface area contributed by atoms with Crippen LogP contribution in [0.4, 0.5) is 0 Å². The van der Waals surface area contributed by atoms with E-state index < -0.39 is 29.5 Å². The largest absolute Gasteiger partial charge is 0.394 e. The number of carbonyl (C=O) groups excluding carboxylic acids is 3. The highest BCUT2D eigenvalue weighted by atomic mass is 16.5. The molecule has 1 spiro atoms. The lowest BCUT2D eigenvalue weighted by molar-refractivity contribution is -0.145. The molecule has 0 aromatic heterocycles. The van der Waals surface area contributed by atoms with Crippen LogP contribution in [0.1, 0.15) is 57.6 Å². The lowest BCUT2D eigenvalue weighted by atomic mass is 9.70. The predicted octanol–water partition coefficient (Wildman–Crippen LogP) is 1.54. The Morgan fingerprint density at radius 2 is 1.88 bits per heavy atom. The zero-order valence-electron chi connectivity index (χ0n) is 19.5. The van der Waals surface area contributed by atoms with Crippen LogP contribution in [0.15, 0.2) is 30.3 Å². The average molecular weight is 458 g/mol. The summed E-state index contributed by atoms with van der Waals surface area (Å²) in [6, 6.07) is 7.66. The van der Waals surface area contributed by atoms with E-state index in [9.17, 15) is 19.5 Å². The fourth-order valence-corrected chi connectivity index (χ4v) is 5.91. The first-order valence-corrected chi connectivity index (χ1v) is 12.2. The maximum absolute atomic E-state index is 14.0. The molecule has 3 fully saturated rings. The van der Waals surface area contributed by atoms with Gasteiger partial charge in [0, 0.05) is 13.1 Å². The Kier molecular flexibility index (Phi) is 7.05. The van der Waals surface area contributed by atoms with Gasteiger partial charge in [0.2, 0.25) is 17.7 Å². The monoisotopic (exact) mass is 457 g/mol. The number of benzene rings is 1. The summed E-state index contributed by atoms with van der Waals surface area (Å²) >= 11 is 0. The maximum Gasteiger partial charge on any atom is 0.245 e. The molecule has 33 heavy (non-hydrogen) atoms. The van der Waals surface area contributed by atoms with Gasteiger partial charge < -0.3 is 25.4 Å². The number of hydrogen-bond donors (Lipinski definition) is 3. The molecule has 8 heteroatoms. The number of amides is 3. The van der Waals surface area contributed by atoms with E-state index in [1.54, 1.807) is 0 Å². The van der Waals surface area contributed by atoms with Gasteiger partial charge in [-0.1, -0.05) is 50.6 Å². The van der Waals surface area contributed by atoms with Gasteiger partial charge in [0.05, 0.1) is 30.6 Å². The van der Waals surface area contributed by atoms with Gasteiger partial charge in [-0.25, -0.2) is 0 Å². The molecule has 4 rings (SSSR count). The van der Waals surface area contributed by atoms with Crippen LogP contribution in [0.3, 0.4) is 0 Å². The van der Waals surface area contributed by atoms with Crippen molar-refractivity contribution in [2.24, 2.45) is 11.8 Å². The predicted molar refractivity (Wildman–Crippen MR) is 122 cm³/mol. The van der Waals surface area contributed by atoms with Crippen molar-refractivity contribution < 1.29 is 24.2 Å². The quantitative estimate of drug-likeness (QED) is 0.462. The van der Waals surface area contributed by atoms with E-state index in [1.807, 2.05) is 44.2 Å². The summed E-state index contributed by atoms with van der Waals surface area (Å²) in [5, 5.41) is 16.3. The molecule has 3 aliphatic rings. The molecule has 180 valence electrons. The second kappa shape index (κ2) is 9.81. The van der Waals surface area contributed by atoms with E-state index in [0.717, 1.165) is 24.8 Å². The van der Waals surface area contributed by atoms with Gasteiger partial charge in [-0.3, -0.25) is 14.4 Å². The van der Waals surface area contributed by atoms with Gasteiger partial charge in [0.25, 0.3) is 0 Å². The Morgan fingerprint density at radius 1 is 1.15 bits per heavy atom. The molecule has 3 amide bonds. The lowest BCUT2D eigenvalue weighted by Gasteiger charge is -2.36. The third kappa shape index (κ3) is 3.93. The van der Waals surface area contributed by atoms with Gasteiger partial charge in [0.1, 0.15) is 11.6 Å². The van der Waals surface area contributed by atoms with Crippen LogP contribution in [0.5, 0.6) is 0 Å². The van der Waals surface area contributed by atoms with Crippen LogP contribution in [0.25, 0.3) is 0 Å². The molecule has 8 nitrogen and oxygen atoms in total. The van der Waals surface area contributed by atoms with Crippen molar-refractivity contribution >= 4 is 17.7 Å². The van der Waals surface area contributed by atoms with Crippen molar-refractivity contribution in [1.82, 2.24) is 15.5 Å². The van der Waals surface area contributed by atoms with Gasteiger partial charge in [0.15, 0.2) is 0 Å². The van der Waals surface area contributed by atoms with E-state index in [0.29, 0.717) is 25.9 Å². The molecular weight excluding hydrogens is 422 g/mol. The number of carbonyl (C=O) groups is 3. The van der Waals surface area contributed by atoms with Crippen molar-refractivity contribution in [3.8, 4) is 0 Å². The minimum Gasteiger partial charge on any atom is -0.394 e. The molecule has 3 N–H and O–H groups in total. The fraction of sp³-hybridized carbons (Fsp3) is 0.640. The molecule has 6 atom stereocenters. The van der Waals surface area contributed by atoms with Crippen LogP contribution in [0, 0.1) is 11.8 Å². The Hall–Kier alpha value is -2.45. The van der Waals surface area contributed by atoms with E-state index in [1.165, 1.54) is 4.90 Å². The minimum atomic E-state index is -1.05. The summed E-state index contributed by atoms with van der Waals surface area (Å²) in [6.45, 7) is 4.74. The topological polar surface area (TPSA) is 108 Å². The highest BCUT2D eigenvalue weighted by Crippen LogP contribution is 2.59. The third-order valence-corrected chi connectivity index (χ3v) is 7.36. The summed E-state index contributed by atoms with van der Waals surface area (Å²) in [7, 11) is 0. The first-order chi connectivity index (χ1) is 16.0. The number of ether oxygens (including phenoxy) is 1. The minimum absolute atomic E-state index is 0.186. The first kappa shape index (κ1) is 23.7. The van der Waals surface area contributed by atoms with E-state index in [-0.39, 0.29) is 30.4 Å². The maximum atomic E-state index is 14.0. The number of nitrogens with one attached hydrogen (secondary N) is 2. The number of likely N-dealkylation sites (tertiary alicyclic amines) is 1. The van der Waals surface area contributed by atoms with E-state index >= 15 is 0 Å². The number of fused-ring (bicyclic) bond motifs is 1. The highest BCUT2D eigenvalue weighted by molar-refractivity contribution is 5.99. The molecule has 3 heterocycles. The number of rotatable bonds is 10. The summed E-state index contributed by atoms with van der Waals surface area (Å²) in [6.07, 6.45) is 3.37. The molecule has 1 aromatic rings. The molecule has 1 aromatic carbocycles. The van der Waals surface area contributed by atoms with E-state index in [2.05, 4.69) is 10.6 Å². The van der Waals surface area contributed by atoms with Gasteiger partial charge in [-0.05, 0) is 31.2 Å². The molecule has 3 saturated heterocycles. The van der Waals surface area contributed by atoms with Gasteiger partial charge in [-0.2, -0.15) is 0 Å². The Balaban J connectivity index is 1.73. The zero-order chi connectivity index (χ0) is 23.6. The van der Waals surface area contributed by atoms with Crippen molar-refractivity contribution in [2.45, 2.75) is 69.7 Å². The second-order valence-corrected chi connectivity index (χ2v) is 9.35. The number of nitrogens with zero attached hydrogens (tertiary/aromatic N) is 1. The summed E-state index contributed by atoms with van der Waals surface area (Å²) < 4.78 is 6.40. The molecule has 2 unspecified atom stereocenters. The normalized spacial score (nSPS) is 30.9. The number of unbranched alkanes of at least 4 members (excludes halogenated alkanes) is 1. The average Bonchev–Trinajstić information content (AvgIpc) is 3.47. The van der Waals surface area contributed by atoms with Gasteiger partial charge in [-0.15, -0.1) is 0 Å². The molecule has 2 bridgehead atoms. The van der Waals surface area contributed by atoms with Crippen LogP contribution in [-0.4, -0.2) is 65.2 Å². The lowest BCUT2D eigenvalue weighted by Crippen LogP contribution is -2.56. The summed E-state index contributed by atoms with van der Waals surface area (Å²) in [5.74, 6) is -2.10. The first-order valence-electron chi connectivity index (χ1n) is 12.2. The smallest absolute Gasteiger partial charge is 0.245 e. The van der Waals surface area contributed by atoms with Crippen LogP contribution in [0.2, 0.25) is 0 Å². The molecule has 0 saturated carbocycles. The number of aliphatic hydroxyl groups excluding tert-OH is 1. The molecule has 0 radical (unpaired) electrons.